The highest BCUT2D eigenvalue weighted by molar-refractivity contribution is 9.10. The molecule has 0 amide bonds. The molecule has 0 bridgehead atoms. The van der Waals surface area contributed by atoms with E-state index in [1.807, 2.05) is 18.2 Å². The van der Waals surface area contributed by atoms with E-state index in [1.165, 1.54) is 11.5 Å². The van der Waals surface area contributed by atoms with E-state index in [-0.39, 0.29) is 0 Å². The minimum absolute atomic E-state index is 0.293. The minimum Gasteiger partial charge on any atom is -0.367 e. The second kappa shape index (κ2) is 3.84. The smallest absolute Gasteiger partial charge is 0.232 e. The van der Waals surface area contributed by atoms with Crippen molar-refractivity contribution in [3.63, 3.8) is 0 Å². The zero-order valence-electron chi connectivity index (χ0n) is 6.87. The molecule has 3 nitrogen and oxygen atoms in total. The van der Waals surface area contributed by atoms with Crippen LogP contribution in [-0.2, 0) is 0 Å². The summed E-state index contributed by atoms with van der Waals surface area (Å²) in [5.74, 6) is 0.293. The van der Waals surface area contributed by atoms with Gasteiger partial charge < -0.3 is 5.73 Å². The molecule has 0 aliphatic rings. The molecule has 1 aromatic heterocycles. The lowest BCUT2D eigenvalue weighted by molar-refractivity contribution is 1.34. The quantitative estimate of drug-likeness (QED) is 0.877. The number of halogens is 2. The Kier molecular flexibility index (Phi) is 2.71. The van der Waals surface area contributed by atoms with Crippen LogP contribution in [0.15, 0.2) is 22.7 Å². The van der Waals surface area contributed by atoms with Crippen LogP contribution in [0.4, 0.5) is 5.95 Å². The lowest BCUT2D eigenvalue weighted by Crippen LogP contribution is -1.85. The van der Waals surface area contributed by atoms with Gasteiger partial charge in [0.2, 0.25) is 5.95 Å². The van der Waals surface area contributed by atoms with Crippen molar-refractivity contribution in [1.82, 2.24) is 9.36 Å². The molecule has 72 valence electrons. The highest BCUT2D eigenvalue weighted by Gasteiger charge is 2.05. The van der Waals surface area contributed by atoms with Gasteiger partial charge in [-0.15, -0.1) is 0 Å². The predicted octanol–water partition coefficient (Wildman–Crippen LogP) is 3.20. The predicted molar refractivity (Wildman–Crippen MR) is 62.5 cm³/mol. The number of nitrogens with zero attached hydrogens (tertiary/aromatic N) is 2. The van der Waals surface area contributed by atoms with Crippen molar-refractivity contribution in [1.29, 1.82) is 0 Å². The zero-order valence-corrected chi connectivity index (χ0v) is 10.0. The van der Waals surface area contributed by atoms with Gasteiger partial charge >= 0.3 is 0 Å². The van der Waals surface area contributed by atoms with Crippen LogP contribution < -0.4 is 5.73 Å². The summed E-state index contributed by atoms with van der Waals surface area (Å²) in [6.45, 7) is 0. The molecule has 0 unspecified atom stereocenters. The number of nitrogen functional groups attached to an aromatic ring is 1. The first-order valence-corrected chi connectivity index (χ1v) is 5.65. The molecular weight excluding hydrogens is 286 g/mol. The maximum atomic E-state index is 5.90. The second-order valence-corrected chi connectivity index (χ2v) is 4.72. The minimum atomic E-state index is 0.293. The van der Waals surface area contributed by atoms with Gasteiger partial charge in [0.1, 0.15) is 5.01 Å². The Morgan fingerprint density at radius 1 is 1.36 bits per heavy atom. The summed E-state index contributed by atoms with van der Waals surface area (Å²) < 4.78 is 4.81. The summed E-state index contributed by atoms with van der Waals surface area (Å²) in [5, 5.41) is 1.42. The first-order valence-electron chi connectivity index (χ1n) is 3.71. The van der Waals surface area contributed by atoms with E-state index < -0.39 is 0 Å². The molecule has 0 atom stereocenters. The maximum Gasteiger partial charge on any atom is 0.232 e. The van der Waals surface area contributed by atoms with Crippen molar-refractivity contribution in [2.45, 2.75) is 0 Å². The van der Waals surface area contributed by atoms with E-state index >= 15 is 0 Å². The Morgan fingerprint density at radius 3 is 2.71 bits per heavy atom. The fourth-order valence-corrected chi connectivity index (χ4v) is 2.47. The third-order valence-corrected chi connectivity index (χ3v) is 3.01. The van der Waals surface area contributed by atoms with E-state index in [9.17, 15) is 0 Å². The normalized spacial score (nSPS) is 10.4. The van der Waals surface area contributed by atoms with Crippen LogP contribution in [-0.4, -0.2) is 9.36 Å². The number of anilines is 1. The van der Waals surface area contributed by atoms with E-state index in [0.717, 1.165) is 15.0 Å². The number of hydrogen-bond donors (Lipinski definition) is 1. The van der Waals surface area contributed by atoms with E-state index in [1.54, 1.807) is 0 Å². The molecule has 0 spiro atoms. The van der Waals surface area contributed by atoms with Crippen molar-refractivity contribution >= 4 is 45.0 Å². The number of nitrogens with two attached hydrogens (primary N) is 1. The van der Waals surface area contributed by atoms with Crippen LogP contribution in [0.5, 0.6) is 0 Å². The van der Waals surface area contributed by atoms with E-state index in [2.05, 4.69) is 25.3 Å². The molecule has 0 saturated carbocycles. The molecule has 0 saturated heterocycles. The third-order valence-electron chi connectivity index (χ3n) is 1.55. The summed E-state index contributed by atoms with van der Waals surface area (Å²) in [4.78, 5) is 4.07. The Balaban J connectivity index is 2.51. The molecule has 2 N–H and O–H groups in total. The van der Waals surface area contributed by atoms with Gasteiger partial charge in [-0.3, -0.25) is 0 Å². The Hall–Kier alpha value is -0.650. The molecule has 0 radical (unpaired) electrons. The van der Waals surface area contributed by atoms with E-state index in [4.69, 9.17) is 17.3 Å². The van der Waals surface area contributed by atoms with Crippen LogP contribution in [0.1, 0.15) is 0 Å². The first kappa shape index (κ1) is 9.89. The molecular formula is C8H5BrClN3S. The molecule has 1 aromatic carbocycles. The molecule has 0 aliphatic heterocycles. The molecule has 1 heterocycles. The van der Waals surface area contributed by atoms with Gasteiger partial charge in [-0.2, -0.15) is 9.36 Å². The summed E-state index contributed by atoms with van der Waals surface area (Å²) >= 11 is 10.5. The number of benzene rings is 1. The summed E-state index contributed by atoms with van der Waals surface area (Å²) in [5.41, 5.74) is 6.35. The van der Waals surface area contributed by atoms with Crippen LogP contribution in [0.3, 0.4) is 0 Å². The highest BCUT2D eigenvalue weighted by atomic mass is 79.9. The molecule has 0 aliphatic carbocycles. The molecule has 2 rings (SSSR count). The molecule has 14 heavy (non-hydrogen) atoms. The first-order chi connectivity index (χ1) is 6.65. The Morgan fingerprint density at radius 2 is 2.14 bits per heavy atom. The largest absolute Gasteiger partial charge is 0.367 e. The van der Waals surface area contributed by atoms with Gasteiger partial charge in [0.15, 0.2) is 0 Å². The van der Waals surface area contributed by atoms with Crippen LogP contribution >= 0.6 is 39.1 Å². The summed E-state index contributed by atoms with van der Waals surface area (Å²) in [7, 11) is 0. The summed E-state index contributed by atoms with van der Waals surface area (Å²) in [6, 6.07) is 5.56. The zero-order chi connectivity index (χ0) is 10.1. The monoisotopic (exact) mass is 289 g/mol. The fourth-order valence-electron chi connectivity index (χ4n) is 1.03. The topological polar surface area (TPSA) is 51.8 Å². The van der Waals surface area contributed by atoms with Crippen molar-refractivity contribution in [3.05, 3.63) is 27.7 Å². The van der Waals surface area contributed by atoms with Crippen LogP contribution in [0.2, 0.25) is 5.02 Å². The average Bonchev–Trinajstić information content (AvgIpc) is 2.50. The lowest BCUT2D eigenvalue weighted by Gasteiger charge is -1.97. The number of hydrogen-bond acceptors (Lipinski definition) is 4. The van der Waals surface area contributed by atoms with Crippen molar-refractivity contribution < 1.29 is 0 Å². The Labute approximate surface area is 98.2 Å². The van der Waals surface area contributed by atoms with Gasteiger partial charge in [-0.25, -0.2) is 0 Å². The fraction of sp³-hybridized carbons (Fsp3) is 0. The molecule has 2 aromatic rings. The van der Waals surface area contributed by atoms with Gasteiger partial charge in [-0.05, 0) is 29.7 Å². The highest BCUT2D eigenvalue weighted by Crippen LogP contribution is 2.28. The van der Waals surface area contributed by atoms with Gasteiger partial charge in [-0.1, -0.05) is 27.5 Å². The number of aromatic nitrogens is 2. The maximum absolute atomic E-state index is 5.90. The average molecular weight is 291 g/mol. The molecule has 0 fully saturated rings. The molecule has 6 heteroatoms. The van der Waals surface area contributed by atoms with Crippen molar-refractivity contribution in [3.8, 4) is 10.6 Å². The van der Waals surface area contributed by atoms with Crippen molar-refractivity contribution in [2.24, 2.45) is 0 Å². The third kappa shape index (κ3) is 2.05. The second-order valence-electron chi connectivity index (χ2n) is 2.62. The van der Waals surface area contributed by atoms with Crippen molar-refractivity contribution in [2.75, 3.05) is 5.73 Å². The Bertz CT molecular complexity index is 451. The van der Waals surface area contributed by atoms with E-state index in [0.29, 0.717) is 11.0 Å². The number of rotatable bonds is 1. The van der Waals surface area contributed by atoms with Gasteiger partial charge in [0.25, 0.3) is 0 Å². The standard InChI is InChI=1S/C8H5BrClN3S/c9-5-1-4(2-6(10)3-5)7-12-8(11)13-14-7/h1-3H,(H2,11,13). The van der Waals surface area contributed by atoms with Crippen LogP contribution in [0.25, 0.3) is 10.6 Å². The van der Waals surface area contributed by atoms with Gasteiger partial charge in [0.05, 0.1) is 0 Å². The summed E-state index contributed by atoms with van der Waals surface area (Å²) in [6.07, 6.45) is 0. The van der Waals surface area contributed by atoms with Gasteiger partial charge in [0, 0.05) is 15.1 Å². The van der Waals surface area contributed by atoms with Crippen LogP contribution in [0, 0.1) is 0 Å². The SMILES string of the molecule is Nc1nsc(-c2cc(Cl)cc(Br)c2)n1. The lowest BCUT2D eigenvalue weighted by atomic mass is 10.2.